The molecule has 0 aromatic heterocycles. The van der Waals surface area contributed by atoms with Crippen LogP contribution in [0.2, 0.25) is 0 Å². The van der Waals surface area contributed by atoms with Crippen LogP contribution in [-0.4, -0.2) is 98.3 Å². The number of aliphatic hydroxyl groups is 4. The number of fused-ring (bicyclic) bond motifs is 2. The average Bonchev–Trinajstić information content (AvgIpc) is 2.95. The van der Waals surface area contributed by atoms with Crippen LogP contribution in [-0.2, 0) is 15.1 Å². The molecule has 47 heavy (non-hydrogen) atoms. The van der Waals surface area contributed by atoms with E-state index in [1.54, 1.807) is 0 Å². The van der Waals surface area contributed by atoms with Gasteiger partial charge >= 0.3 is 40.0 Å². The van der Waals surface area contributed by atoms with Gasteiger partial charge < -0.3 is 49.4 Å². The van der Waals surface area contributed by atoms with Crippen LogP contribution in [0.3, 0.4) is 0 Å². The minimum atomic E-state index is -5.45. The van der Waals surface area contributed by atoms with Crippen molar-refractivity contribution < 1.29 is 106 Å². The van der Waals surface area contributed by atoms with Crippen molar-refractivity contribution >= 4 is 27.7 Å². The molecule has 18 heteroatoms. The average molecular weight is 685 g/mol. The quantitative estimate of drug-likeness (QED) is 0.0565. The van der Waals surface area contributed by atoms with Gasteiger partial charge in [0.15, 0.2) is 23.1 Å². The number of ether oxygens (including phenoxy) is 2. The van der Waals surface area contributed by atoms with Crippen molar-refractivity contribution in [3.8, 4) is 39.9 Å². The van der Waals surface area contributed by atoms with Gasteiger partial charge in [0.2, 0.25) is 6.29 Å². The van der Waals surface area contributed by atoms with Crippen molar-refractivity contribution in [3.63, 3.8) is 0 Å². The van der Waals surface area contributed by atoms with Gasteiger partial charge in [0, 0.05) is 28.3 Å². The molecule has 3 aromatic carbocycles. The summed E-state index contributed by atoms with van der Waals surface area (Å²) in [6.07, 6.45) is -9.18. The van der Waals surface area contributed by atoms with E-state index in [1.807, 2.05) is 0 Å². The fraction of sp³-hybridized carbons (Fsp3) is 0.276. The minimum absolute atomic E-state index is 0. The van der Waals surface area contributed by atoms with Crippen LogP contribution in [0, 0.1) is 6.92 Å². The van der Waals surface area contributed by atoms with E-state index in [9.17, 15) is 63.1 Å². The van der Waals surface area contributed by atoms with Gasteiger partial charge in [0.05, 0.1) is 17.7 Å². The number of benzene rings is 3. The van der Waals surface area contributed by atoms with E-state index in [0.717, 1.165) is 25.1 Å². The molecule has 1 fully saturated rings. The summed E-state index contributed by atoms with van der Waals surface area (Å²) >= 11 is 0. The van der Waals surface area contributed by atoms with Gasteiger partial charge in [-0.15, -0.1) is 0 Å². The Balaban J connectivity index is 0.00000500. The molecule has 1 saturated heterocycles. The van der Waals surface area contributed by atoms with Gasteiger partial charge in [-0.05, 0) is 25.5 Å². The van der Waals surface area contributed by atoms with Gasteiger partial charge in [-0.2, -0.15) is 8.42 Å². The summed E-state index contributed by atoms with van der Waals surface area (Å²) in [7, 11) is -5.45. The number of aliphatic hydroxyl groups excluding tert-OH is 4. The number of ketones is 3. The number of hydrogen-bond acceptors (Lipinski definition) is 15. The van der Waals surface area contributed by atoms with E-state index in [1.165, 1.54) is 13.0 Å². The maximum Gasteiger partial charge on any atom is 1.00 e. The van der Waals surface area contributed by atoms with Crippen molar-refractivity contribution in [2.24, 2.45) is 0 Å². The smallest absolute Gasteiger partial charge is 0.872 e. The van der Waals surface area contributed by atoms with E-state index in [-0.39, 0.29) is 40.7 Å². The van der Waals surface area contributed by atoms with Crippen LogP contribution in [0.5, 0.6) is 28.7 Å². The van der Waals surface area contributed by atoms with Crippen molar-refractivity contribution in [1.82, 2.24) is 0 Å². The molecule has 0 unspecified atom stereocenters. The Morgan fingerprint density at radius 2 is 1.60 bits per heavy atom. The third-order valence-corrected chi connectivity index (χ3v) is 7.96. The number of carbonyl (C=O) groups is 3. The number of aryl methyl sites for hydroxylation is 1. The van der Waals surface area contributed by atoms with Crippen LogP contribution >= 0.6 is 0 Å². The molecule has 0 saturated carbocycles. The molecule has 0 radical (unpaired) electrons. The molecule has 1 heterocycles. The molecule has 16 nitrogen and oxygen atoms in total. The monoisotopic (exact) mass is 684 g/mol. The molecule has 0 bridgehead atoms. The van der Waals surface area contributed by atoms with Crippen molar-refractivity contribution in [1.29, 1.82) is 0 Å². The van der Waals surface area contributed by atoms with E-state index in [0.29, 0.717) is 6.07 Å². The van der Waals surface area contributed by atoms with Crippen LogP contribution in [0.15, 0.2) is 30.3 Å². The first kappa shape index (κ1) is 36.2. The molecule has 5 atom stereocenters. The predicted octanol–water partition coefficient (Wildman–Crippen LogP) is -3.51. The zero-order valence-corrected chi connectivity index (χ0v) is 27.5. The molecule has 2 aliphatic rings. The largest absolute Gasteiger partial charge is 1.00 e. The molecule has 0 amide bonds. The molecule has 1 aliphatic heterocycles. The maximum absolute atomic E-state index is 13.8. The normalized spacial score (nSPS) is 22.1. The van der Waals surface area contributed by atoms with Gasteiger partial charge in [-0.25, -0.2) is 0 Å². The van der Waals surface area contributed by atoms with E-state index < -0.39 is 127 Å². The molecule has 0 spiro atoms. The number of carbonyl (C=O) groups excluding carboxylic acids is 3. The molecule has 244 valence electrons. The number of Topliss-reactive ketones (excluding diaryl/α,β-unsaturated/α-hetero) is 1. The molecular weight excluding hydrogens is 659 g/mol. The second-order valence-electron chi connectivity index (χ2n) is 10.5. The molecular formula is C29H25NaO16S. The Kier molecular flexibility index (Phi) is 10.1. The first-order chi connectivity index (χ1) is 21.5. The zero-order valence-electron chi connectivity index (χ0n) is 24.7. The number of aromatic hydroxyl groups is 2. The minimum Gasteiger partial charge on any atom is -0.872 e. The molecule has 1 aliphatic carbocycles. The third-order valence-electron chi connectivity index (χ3n) is 7.57. The topological polar surface area (TPSA) is 278 Å². The number of phenols is 2. The van der Waals surface area contributed by atoms with E-state index >= 15 is 0 Å². The van der Waals surface area contributed by atoms with Crippen molar-refractivity contribution in [3.05, 3.63) is 63.7 Å². The Morgan fingerprint density at radius 3 is 2.19 bits per heavy atom. The Bertz CT molecular complexity index is 1920. The van der Waals surface area contributed by atoms with Gasteiger partial charge in [-0.1, -0.05) is 23.9 Å². The predicted molar refractivity (Wildman–Crippen MR) is 149 cm³/mol. The summed E-state index contributed by atoms with van der Waals surface area (Å²) in [5.41, 5.74) is -4.21. The number of hydrogen-bond donors (Lipinski definition) is 7. The van der Waals surface area contributed by atoms with Crippen molar-refractivity contribution in [2.75, 3.05) is 6.61 Å². The standard InChI is InChI=1S/C29H26O16S.Na/c1-9-6-13(33)20-22(23(34)11-4-3-5-12(32)19(11)26(20)37)17(9)21-15(45-46(40,41)42)7-14(18(10(2)31)25(21)36)43-29-28(39)27(38)24(35)16(8-30)44-29;/h3-7,16,24,27-30,32-33,35-36,38-39H,8H2,1-2H3,(H,40,41,42);/q;+1/p-1/t16-,24-,27+,28-,29-;/m1./s1. The molecule has 7 N–H and O–H groups in total. The summed E-state index contributed by atoms with van der Waals surface area (Å²) in [5.74, 6) is -7.49. The maximum atomic E-state index is 13.8. The third kappa shape index (κ3) is 6.22. The molecule has 5 rings (SSSR count). The van der Waals surface area contributed by atoms with Crippen LogP contribution < -0.4 is 43.6 Å². The summed E-state index contributed by atoms with van der Waals surface area (Å²) in [6, 6.07) is 5.02. The summed E-state index contributed by atoms with van der Waals surface area (Å²) < 4.78 is 49.0. The van der Waals surface area contributed by atoms with Crippen LogP contribution in [0.1, 0.15) is 54.7 Å². The fourth-order valence-electron chi connectivity index (χ4n) is 5.56. The first-order valence-corrected chi connectivity index (χ1v) is 14.7. The van der Waals surface area contributed by atoms with Gasteiger partial charge in [0.1, 0.15) is 47.2 Å². The second kappa shape index (κ2) is 13.1. The summed E-state index contributed by atoms with van der Waals surface area (Å²) in [4.78, 5) is 40.2. The van der Waals surface area contributed by atoms with E-state index in [4.69, 9.17) is 13.7 Å². The second-order valence-corrected chi connectivity index (χ2v) is 11.6. The number of phenolic OH excluding ortho intramolecular Hbond substituents is 2. The fourth-order valence-corrected chi connectivity index (χ4v) is 5.92. The SMILES string of the molecule is CC(=O)c1c(O[C@@H]2O[C@H](CO)[C@@H](O)[C@H](O)[C@H]2O)cc(OS(=O)(=O)O)c(-c2c(C)cc(O)c3c2C(=O)c2cccc([O-])c2C3=O)c1O.[Na+]. The Morgan fingerprint density at radius 1 is 0.936 bits per heavy atom. The van der Waals surface area contributed by atoms with Crippen molar-refractivity contribution in [2.45, 2.75) is 44.6 Å². The van der Waals surface area contributed by atoms with Crippen LogP contribution in [0.25, 0.3) is 11.1 Å². The van der Waals surface area contributed by atoms with Crippen LogP contribution in [0.4, 0.5) is 0 Å². The first-order valence-electron chi connectivity index (χ1n) is 13.3. The van der Waals surface area contributed by atoms with Gasteiger partial charge in [-0.3, -0.25) is 18.9 Å². The van der Waals surface area contributed by atoms with Gasteiger partial charge in [0.25, 0.3) is 0 Å². The zero-order chi connectivity index (χ0) is 34.0. The molecule has 3 aromatic rings. The van der Waals surface area contributed by atoms with E-state index in [2.05, 4.69) is 0 Å². The summed E-state index contributed by atoms with van der Waals surface area (Å²) in [6.45, 7) is 1.36. The number of rotatable bonds is 7. The Hall–Kier alpha value is -3.62. The summed E-state index contributed by atoms with van der Waals surface area (Å²) in [5, 5.41) is 75.0. The Labute approximate surface area is 287 Å².